The fraction of sp³-hybridized carbons (Fsp3) is 0.318. The summed E-state index contributed by atoms with van der Waals surface area (Å²) in [5.41, 5.74) is 3.36. The molecule has 0 radical (unpaired) electrons. The Morgan fingerprint density at radius 1 is 1.21 bits per heavy atom. The Bertz CT molecular complexity index is 968. The van der Waals surface area contributed by atoms with Gasteiger partial charge in [-0.25, -0.2) is 0 Å². The van der Waals surface area contributed by atoms with Crippen LogP contribution in [0.2, 0.25) is 0 Å². The van der Waals surface area contributed by atoms with E-state index in [0.717, 1.165) is 24.2 Å². The number of benzene rings is 2. The Labute approximate surface area is 169 Å². The Balaban J connectivity index is 1.43. The molecule has 0 N–H and O–H groups in total. The second-order valence-electron chi connectivity index (χ2n) is 7.07. The number of rotatable bonds is 5. The van der Waals surface area contributed by atoms with E-state index < -0.39 is 0 Å². The molecule has 3 aromatic rings. The van der Waals surface area contributed by atoms with Crippen molar-refractivity contribution in [2.24, 2.45) is 0 Å². The maximum atomic E-state index is 13.0. The van der Waals surface area contributed by atoms with Gasteiger partial charge in [-0.2, -0.15) is 4.98 Å². The second-order valence-corrected chi connectivity index (χ2v) is 8.12. The minimum absolute atomic E-state index is 0.0609. The zero-order valence-corrected chi connectivity index (χ0v) is 16.9. The number of fused-ring (bicyclic) bond motifs is 1. The summed E-state index contributed by atoms with van der Waals surface area (Å²) in [7, 11) is 1.91. The van der Waals surface area contributed by atoms with Crippen molar-refractivity contribution in [1.29, 1.82) is 0 Å². The average molecular weight is 394 g/mol. The first-order valence-electron chi connectivity index (χ1n) is 9.49. The van der Waals surface area contributed by atoms with Gasteiger partial charge in [-0.3, -0.25) is 4.79 Å². The molecule has 0 spiro atoms. The SMILES string of the molecule is Cc1noc(CSc2ccc(C(=O)N(C)[C@@H]3CCCc4ccccc43)cc2)n1. The molecule has 1 atom stereocenters. The topological polar surface area (TPSA) is 59.2 Å². The van der Waals surface area contributed by atoms with E-state index in [4.69, 9.17) is 4.52 Å². The van der Waals surface area contributed by atoms with Crippen LogP contribution in [0.1, 0.15) is 52.1 Å². The van der Waals surface area contributed by atoms with E-state index in [1.807, 2.05) is 36.2 Å². The zero-order valence-electron chi connectivity index (χ0n) is 16.1. The first-order valence-corrected chi connectivity index (χ1v) is 10.5. The van der Waals surface area contributed by atoms with Gasteiger partial charge < -0.3 is 9.42 Å². The Hall–Kier alpha value is -2.60. The molecule has 1 aliphatic rings. The van der Waals surface area contributed by atoms with Crippen LogP contribution in [0.3, 0.4) is 0 Å². The van der Waals surface area contributed by atoms with Gasteiger partial charge in [-0.1, -0.05) is 29.4 Å². The number of hydrogen-bond acceptors (Lipinski definition) is 5. The third kappa shape index (κ3) is 3.97. The fourth-order valence-electron chi connectivity index (χ4n) is 3.71. The number of aromatic nitrogens is 2. The summed E-state index contributed by atoms with van der Waals surface area (Å²) in [6.07, 6.45) is 3.22. The lowest BCUT2D eigenvalue weighted by atomic mass is 9.87. The van der Waals surface area contributed by atoms with Crippen molar-refractivity contribution in [3.63, 3.8) is 0 Å². The molecule has 1 aliphatic carbocycles. The number of nitrogens with zero attached hydrogens (tertiary/aromatic N) is 3. The monoisotopic (exact) mass is 393 g/mol. The van der Waals surface area contributed by atoms with Gasteiger partial charge in [-0.15, -0.1) is 11.8 Å². The van der Waals surface area contributed by atoms with Gasteiger partial charge in [-0.05, 0) is 61.6 Å². The fourth-order valence-corrected chi connectivity index (χ4v) is 4.45. The first-order chi connectivity index (χ1) is 13.6. The molecule has 0 saturated carbocycles. The van der Waals surface area contributed by atoms with E-state index in [9.17, 15) is 4.79 Å². The highest BCUT2D eigenvalue weighted by Gasteiger charge is 2.27. The van der Waals surface area contributed by atoms with E-state index in [-0.39, 0.29) is 11.9 Å². The minimum atomic E-state index is 0.0609. The molecular formula is C22H23N3O2S. The van der Waals surface area contributed by atoms with Gasteiger partial charge in [0.15, 0.2) is 5.82 Å². The lowest BCUT2D eigenvalue weighted by Gasteiger charge is -2.33. The number of amides is 1. The van der Waals surface area contributed by atoms with Crippen LogP contribution in [0.5, 0.6) is 0 Å². The van der Waals surface area contributed by atoms with Crippen LogP contribution in [0.15, 0.2) is 57.9 Å². The molecule has 0 unspecified atom stereocenters. The largest absolute Gasteiger partial charge is 0.338 e. The van der Waals surface area contributed by atoms with Crippen molar-refractivity contribution in [3.05, 3.63) is 76.9 Å². The predicted molar refractivity (Wildman–Crippen MR) is 109 cm³/mol. The van der Waals surface area contributed by atoms with E-state index >= 15 is 0 Å². The van der Waals surface area contributed by atoms with Gasteiger partial charge in [0.05, 0.1) is 11.8 Å². The number of carbonyl (C=O) groups is 1. The van der Waals surface area contributed by atoms with Crippen molar-refractivity contribution in [3.8, 4) is 0 Å². The molecule has 2 aromatic carbocycles. The van der Waals surface area contributed by atoms with Crippen molar-refractivity contribution in [2.75, 3.05) is 7.05 Å². The summed E-state index contributed by atoms with van der Waals surface area (Å²) in [5, 5.41) is 3.80. The number of thioether (sulfide) groups is 1. The maximum absolute atomic E-state index is 13.0. The zero-order chi connectivity index (χ0) is 19.5. The van der Waals surface area contributed by atoms with Gasteiger partial charge in [0.25, 0.3) is 5.91 Å². The van der Waals surface area contributed by atoms with Crippen LogP contribution < -0.4 is 0 Å². The minimum Gasteiger partial charge on any atom is -0.338 e. The maximum Gasteiger partial charge on any atom is 0.254 e. The van der Waals surface area contributed by atoms with Crippen LogP contribution in [0.25, 0.3) is 0 Å². The van der Waals surface area contributed by atoms with Crippen LogP contribution in [0.4, 0.5) is 0 Å². The molecule has 6 heteroatoms. The lowest BCUT2D eigenvalue weighted by molar-refractivity contribution is 0.0715. The quantitative estimate of drug-likeness (QED) is 0.582. The molecule has 0 bridgehead atoms. The van der Waals surface area contributed by atoms with Crippen molar-refractivity contribution < 1.29 is 9.32 Å². The van der Waals surface area contributed by atoms with Crippen molar-refractivity contribution in [1.82, 2.24) is 15.0 Å². The summed E-state index contributed by atoms with van der Waals surface area (Å²) in [6.45, 7) is 1.80. The number of aryl methyl sites for hydroxylation is 2. The van der Waals surface area contributed by atoms with Gasteiger partial charge in [0.2, 0.25) is 5.89 Å². The molecule has 0 aliphatic heterocycles. The standard InChI is InChI=1S/C22H23N3O2S/c1-15-23-21(27-24-15)14-28-18-12-10-17(11-13-18)22(26)25(2)20-9-5-7-16-6-3-4-8-19(16)20/h3-4,6,8,10-13,20H,5,7,9,14H2,1-2H3/t20-/m1/s1. The van der Waals surface area contributed by atoms with E-state index in [0.29, 0.717) is 23.0 Å². The molecule has 1 heterocycles. The van der Waals surface area contributed by atoms with Crippen LogP contribution in [0, 0.1) is 6.92 Å². The highest BCUT2D eigenvalue weighted by atomic mass is 32.2. The molecule has 144 valence electrons. The summed E-state index contributed by atoms with van der Waals surface area (Å²) >= 11 is 1.61. The summed E-state index contributed by atoms with van der Waals surface area (Å²) in [6, 6.07) is 16.4. The molecule has 28 heavy (non-hydrogen) atoms. The third-order valence-electron chi connectivity index (χ3n) is 5.16. The Kier molecular flexibility index (Phi) is 5.48. The lowest BCUT2D eigenvalue weighted by Crippen LogP contribution is -2.33. The van der Waals surface area contributed by atoms with Crippen molar-refractivity contribution in [2.45, 2.75) is 42.9 Å². The summed E-state index contributed by atoms with van der Waals surface area (Å²) in [4.78, 5) is 20.2. The highest BCUT2D eigenvalue weighted by molar-refractivity contribution is 7.98. The van der Waals surface area contributed by atoms with Gasteiger partial charge in [0, 0.05) is 17.5 Å². The first kappa shape index (κ1) is 18.7. The second kappa shape index (κ2) is 8.19. The number of hydrogen-bond donors (Lipinski definition) is 0. The van der Waals surface area contributed by atoms with E-state index in [2.05, 4.69) is 34.4 Å². The average Bonchev–Trinajstić information content (AvgIpc) is 3.16. The van der Waals surface area contributed by atoms with Crippen LogP contribution in [-0.4, -0.2) is 28.0 Å². The van der Waals surface area contributed by atoms with Gasteiger partial charge >= 0.3 is 0 Å². The van der Waals surface area contributed by atoms with Crippen LogP contribution >= 0.6 is 11.8 Å². The van der Waals surface area contributed by atoms with E-state index in [1.165, 1.54) is 11.1 Å². The molecule has 1 aromatic heterocycles. The Morgan fingerprint density at radius 2 is 2.00 bits per heavy atom. The molecule has 5 nitrogen and oxygen atoms in total. The molecule has 0 fully saturated rings. The predicted octanol–water partition coefficient (Wildman–Crippen LogP) is 4.82. The van der Waals surface area contributed by atoms with Crippen LogP contribution in [-0.2, 0) is 12.2 Å². The molecule has 1 amide bonds. The molecule has 0 saturated heterocycles. The smallest absolute Gasteiger partial charge is 0.254 e. The highest BCUT2D eigenvalue weighted by Crippen LogP contribution is 2.34. The number of carbonyl (C=O) groups excluding carboxylic acids is 1. The van der Waals surface area contributed by atoms with Gasteiger partial charge in [0.1, 0.15) is 0 Å². The van der Waals surface area contributed by atoms with E-state index in [1.54, 1.807) is 18.7 Å². The normalized spacial score (nSPS) is 15.9. The third-order valence-corrected chi connectivity index (χ3v) is 6.16. The summed E-state index contributed by atoms with van der Waals surface area (Å²) in [5.74, 6) is 1.93. The molecular weight excluding hydrogens is 370 g/mol. The molecule has 4 rings (SSSR count). The summed E-state index contributed by atoms with van der Waals surface area (Å²) < 4.78 is 5.13. The van der Waals surface area contributed by atoms with Crippen molar-refractivity contribution >= 4 is 17.7 Å². The Morgan fingerprint density at radius 3 is 2.75 bits per heavy atom.